The third kappa shape index (κ3) is 1.72. The van der Waals surface area contributed by atoms with Gasteiger partial charge in [0.1, 0.15) is 11.5 Å². The van der Waals surface area contributed by atoms with E-state index < -0.39 is 11.6 Å². The number of rotatable bonds is 1. The predicted octanol–water partition coefficient (Wildman–Crippen LogP) is 1.80. The van der Waals surface area contributed by atoms with Crippen LogP contribution in [0.25, 0.3) is 5.69 Å². The molecule has 0 radical (unpaired) electrons. The SMILES string of the molecule is Fc1ccc(-n2ncc3c2CCNC3)c(F)c1. The highest BCUT2D eigenvalue weighted by atomic mass is 19.1. The summed E-state index contributed by atoms with van der Waals surface area (Å²) in [5.41, 5.74) is 2.36. The predicted molar refractivity (Wildman–Crippen MR) is 58.9 cm³/mol. The van der Waals surface area contributed by atoms with E-state index in [1.807, 2.05) is 0 Å². The number of fused-ring (bicyclic) bond motifs is 1. The fourth-order valence-electron chi connectivity index (χ4n) is 2.11. The van der Waals surface area contributed by atoms with Crippen molar-refractivity contribution in [1.82, 2.24) is 15.1 Å². The lowest BCUT2D eigenvalue weighted by Gasteiger charge is -2.15. The molecule has 0 bridgehead atoms. The molecule has 0 fully saturated rings. The van der Waals surface area contributed by atoms with Crippen molar-refractivity contribution < 1.29 is 8.78 Å². The molecule has 0 unspecified atom stereocenters. The third-order valence-electron chi connectivity index (χ3n) is 2.95. The van der Waals surface area contributed by atoms with E-state index in [0.29, 0.717) is 5.69 Å². The van der Waals surface area contributed by atoms with Gasteiger partial charge in [-0.25, -0.2) is 13.5 Å². The number of nitrogens with zero attached hydrogens (tertiary/aromatic N) is 2. The van der Waals surface area contributed by atoms with Crippen LogP contribution in [0, 0.1) is 11.6 Å². The highest BCUT2D eigenvalue weighted by molar-refractivity contribution is 5.37. The van der Waals surface area contributed by atoms with Gasteiger partial charge in [0.05, 0.1) is 11.9 Å². The maximum absolute atomic E-state index is 13.7. The van der Waals surface area contributed by atoms with E-state index in [9.17, 15) is 8.78 Å². The van der Waals surface area contributed by atoms with Gasteiger partial charge in [-0.1, -0.05) is 0 Å². The quantitative estimate of drug-likeness (QED) is 0.816. The van der Waals surface area contributed by atoms with E-state index >= 15 is 0 Å². The first-order chi connectivity index (χ1) is 8.25. The van der Waals surface area contributed by atoms with Crippen molar-refractivity contribution in [1.29, 1.82) is 0 Å². The molecule has 17 heavy (non-hydrogen) atoms. The fraction of sp³-hybridized carbons (Fsp3) is 0.250. The molecule has 1 N–H and O–H groups in total. The van der Waals surface area contributed by atoms with Crippen molar-refractivity contribution in [3.05, 3.63) is 47.3 Å². The van der Waals surface area contributed by atoms with E-state index in [1.165, 1.54) is 12.1 Å². The van der Waals surface area contributed by atoms with Crippen LogP contribution in [0.4, 0.5) is 8.78 Å². The second kappa shape index (κ2) is 3.92. The van der Waals surface area contributed by atoms with E-state index in [2.05, 4.69) is 10.4 Å². The van der Waals surface area contributed by atoms with Crippen LogP contribution >= 0.6 is 0 Å². The molecule has 5 heteroatoms. The average molecular weight is 235 g/mol. The van der Waals surface area contributed by atoms with Crippen LogP contribution in [-0.2, 0) is 13.0 Å². The minimum atomic E-state index is -0.588. The maximum atomic E-state index is 13.7. The lowest BCUT2D eigenvalue weighted by Crippen LogP contribution is -2.24. The average Bonchev–Trinajstić information content (AvgIpc) is 2.73. The van der Waals surface area contributed by atoms with Gasteiger partial charge in [0, 0.05) is 31.1 Å². The monoisotopic (exact) mass is 235 g/mol. The fourth-order valence-corrected chi connectivity index (χ4v) is 2.11. The van der Waals surface area contributed by atoms with Crippen molar-refractivity contribution in [2.45, 2.75) is 13.0 Å². The molecule has 2 heterocycles. The van der Waals surface area contributed by atoms with Crippen LogP contribution in [0.2, 0.25) is 0 Å². The highest BCUT2D eigenvalue weighted by Gasteiger charge is 2.17. The number of halogens is 2. The number of aromatic nitrogens is 2. The van der Waals surface area contributed by atoms with Crippen LogP contribution in [0.3, 0.4) is 0 Å². The van der Waals surface area contributed by atoms with Crippen LogP contribution in [-0.4, -0.2) is 16.3 Å². The Labute approximate surface area is 97.1 Å². The Kier molecular flexibility index (Phi) is 2.40. The molecule has 0 atom stereocenters. The smallest absolute Gasteiger partial charge is 0.151 e. The van der Waals surface area contributed by atoms with Gasteiger partial charge in [-0.15, -0.1) is 0 Å². The zero-order valence-electron chi connectivity index (χ0n) is 9.08. The zero-order valence-corrected chi connectivity index (χ0v) is 9.08. The number of benzene rings is 1. The molecular weight excluding hydrogens is 224 g/mol. The van der Waals surface area contributed by atoms with Gasteiger partial charge in [0.15, 0.2) is 5.82 Å². The molecule has 1 aromatic carbocycles. The molecular formula is C12H11F2N3. The molecule has 0 saturated carbocycles. The summed E-state index contributed by atoms with van der Waals surface area (Å²) >= 11 is 0. The van der Waals surface area contributed by atoms with Crippen LogP contribution in [0.5, 0.6) is 0 Å². The Bertz CT molecular complexity index is 563. The van der Waals surface area contributed by atoms with Crippen molar-refractivity contribution in [3.63, 3.8) is 0 Å². The Morgan fingerprint density at radius 2 is 2.18 bits per heavy atom. The van der Waals surface area contributed by atoms with E-state index in [1.54, 1.807) is 10.9 Å². The minimum Gasteiger partial charge on any atom is -0.312 e. The Morgan fingerprint density at radius 1 is 1.29 bits per heavy atom. The Balaban J connectivity index is 2.12. The molecule has 2 aromatic rings. The summed E-state index contributed by atoms with van der Waals surface area (Å²) in [7, 11) is 0. The first-order valence-corrected chi connectivity index (χ1v) is 5.47. The van der Waals surface area contributed by atoms with Gasteiger partial charge >= 0.3 is 0 Å². The van der Waals surface area contributed by atoms with Crippen molar-refractivity contribution in [2.75, 3.05) is 6.54 Å². The molecule has 0 spiro atoms. The summed E-state index contributed by atoms with van der Waals surface area (Å²) in [6.45, 7) is 1.60. The van der Waals surface area contributed by atoms with Crippen LogP contribution < -0.4 is 5.32 Å². The largest absolute Gasteiger partial charge is 0.312 e. The summed E-state index contributed by atoms with van der Waals surface area (Å²) in [5.74, 6) is -1.16. The normalized spacial score (nSPS) is 14.7. The van der Waals surface area contributed by atoms with Gasteiger partial charge in [-0.05, 0) is 12.1 Å². The summed E-state index contributed by atoms with van der Waals surface area (Å²) in [4.78, 5) is 0. The van der Waals surface area contributed by atoms with E-state index in [-0.39, 0.29) is 0 Å². The maximum Gasteiger partial charge on any atom is 0.151 e. The third-order valence-corrected chi connectivity index (χ3v) is 2.95. The van der Waals surface area contributed by atoms with E-state index in [0.717, 1.165) is 36.8 Å². The molecule has 0 aliphatic carbocycles. The summed E-state index contributed by atoms with van der Waals surface area (Å²) in [6, 6.07) is 3.54. The summed E-state index contributed by atoms with van der Waals surface area (Å²) in [6.07, 6.45) is 2.52. The molecule has 88 valence electrons. The van der Waals surface area contributed by atoms with Crippen molar-refractivity contribution in [2.24, 2.45) is 0 Å². The topological polar surface area (TPSA) is 29.9 Å². The minimum absolute atomic E-state index is 0.301. The van der Waals surface area contributed by atoms with E-state index in [4.69, 9.17) is 0 Å². The van der Waals surface area contributed by atoms with Gasteiger partial charge < -0.3 is 5.32 Å². The summed E-state index contributed by atoms with van der Waals surface area (Å²) < 4.78 is 28.1. The first-order valence-electron chi connectivity index (χ1n) is 5.47. The molecule has 1 aromatic heterocycles. The summed E-state index contributed by atoms with van der Waals surface area (Å²) in [5, 5.41) is 7.40. The lowest BCUT2D eigenvalue weighted by atomic mass is 10.1. The lowest BCUT2D eigenvalue weighted by molar-refractivity contribution is 0.566. The van der Waals surface area contributed by atoms with Gasteiger partial charge in [-0.3, -0.25) is 0 Å². The van der Waals surface area contributed by atoms with Crippen LogP contribution in [0.15, 0.2) is 24.4 Å². The molecule has 3 rings (SSSR count). The molecule has 1 aliphatic heterocycles. The van der Waals surface area contributed by atoms with Crippen molar-refractivity contribution >= 4 is 0 Å². The molecule has 3 nitrogen and oxygen atoms in total. The second-order valence-corrected chi connectivity index (χ2v) is 4.05. The molecule has 0 saturated heterocycles. The van der Waals surface area contributed by atoms with Gasteiger partial charge in [0.2, 0.25) is 0 Å². The Hall–Kier alpha value is -1.75. The number of hydrogen-bond acceptors (Lipinski definition) is 2. The first kappa shape index (κ1) is 10.4. The number of nitrogens with one attached hydrogen (secondary N) is 1. The highest BCUT2D eigenvalue weighted by Crippen LogP contribution is 2.20. The zero-order chi connectivity index (χ0) is 11.8. The van der Waals surface area contributed by atoms with Gasteiger partial charge in [0.25, 0.3) is 0 Å². The van der Waals surface area contributed by atoms with Crippen molar-refractivity contribution in [3.8, 4) is 5.69 Å². The second-order valence-electron chi connectivity index (χ2n) is 4.05. The Morgan fingerprint density at radius 3 is 3.00 bits per heavy atom. The van der Waals surface area contributed by atoms with Crippen LogP contribution in [0.1, 0.15) is 11.3 Å². The van der Waals surface area contributed by atoms with Gasteiger partial charge in [-0.2, -0.15) is 5.10 Å². The standard InChI is InChI=1S/C12H11F2N3/c13-9-1-2-12(10(14)5-9)17-11-3-4-15-6-8(11)7-16-17/h1-2,5,7,15H,3-4,6H2. The number of hydrogen-bond donors (Lipinski definition) is 1. The molecule has 1 aliphatic rings. The molecule has 0 amide bonds.